The zero-order valence-corrected chi connectivity index (χ0v) is 15.1. The molecule has 1 saturated heterocycles. The highest BCUT2D eigenvalue weighted by Crippen LogP contribution is 2.61. The van der Waals surface area contributed by atoms with Crippen molar-refractivity contribution in [2.45, 2.75) is 51.9 Å². The standard InChI is InChI=1S/C20H28O5/c1-10(9-21)12-6-7-19(3)8-14-11(2)17(22)20(24)16(14)13(18(23)25-20)4-5-15(12)19/h4,6,10-11,14-17,21-22,24H,5,7-9H2,1-3H3/t10?,11-,14+,15+,16+,17+,19-,20+/m1/s1. The summed E-state index contributed by atoms with van der Waals surface area (Å²) in [7, 11) is 0. The molecule has 1 heterocycles. The van der Waals surface area contributed by atoms with Crippen molar-refractivity contribution in [1.82, 2.24) is 0 Å². The first-order chi connectivity index (χ1) is 11.7. The molecule has 4 aliphatic rings. The fourth-order valence-corrected chi connectivity index (χ4v) is 5.95. The van der Waals surface area contributed by atoms with Crippen LogP contribution in [0.1, 0.15) is 40.0 Å². The van der Waals surface area contributed by atoms with Crippen LogP contribution >= 0.6 is 0 Å². The van der Waals surface area contributed by atoms with Crippen molar-refractivity contribution in [2.75, 3.05) is 6.61 Å². The van der Waals surface area contributed by atoms with Gasteiger partial charge in [0, 0.05) is 18.1 Å². The molecule has 4 rings (SSSR count). The fraction of sp³-hybridized carbons (Fsp3) is 0.750. The molecule has 0 aromatic heterocycles. The molecule has 8 atom stereocenters. The summed E-state index contributed by atoms with van der Waals surface area (Å²) in [6, 6.07) is 0. The van der Waals surface area contributed by atoms with Gasteiger partial charge in [-0.2, -0.15) is 0 Å². The minimum atomic E-state index is -1.77. The van der Waals surface area contributed by atoms with Crippen LogP contribution in [-0.2, 0) is 9.53 Å². The minimum absolute atomic E-state index is 0.00248. The topological polar surface area (TPSA) is 87.0 Å². The van der Waals surface area contributed by atoms with Gasteiger partial charge in [0.05, 0.1) is 5.92 Å². The van der Waals surface area contributed by atoms with Gasteiger partial charge in [-0.3, -0.25) is 0 Å². The maximum absolute atomic E-state index is 12.3. The third kappa shape index (κ3) is 2.15. The Bertz CT molecular complexity index is 667. The number of hydrogen-bond donors (Lipinski definition) is 3. The summed E-state index contributed by atoms with van der Waals surface area (Å²) in [5.41, 5.74) is 1.81. The van der Waals surface area contributed by atoms with Gasteiger partial charge in [-0.05, 0) is 42.4 Å². The Kier molecular flexibility index (Phi) is 3.74. The van der Waals surface area contributed by atoms with Gasteiger partial charge in [0.1, 0.15) is 6.10 Å². The maximum atomic E-state index is 12.3. The average molecular weight is 348 g/mol. The molecule has 0 aromatic carbocycles. The predicted molar refractivity (Wildman–Crippen MR) is 91.1 cm³/mol. The molecular formula is C20H28O5. The SMILES string of the molecule is CC(CO)C1=CC[C@]2(C)C[C@H]3[C@@H](C)[C@H](O)[C@@]4(O)OC(=O)C(=CC[C@@H]12)[C@@H]34. The van der Waals surface area contributed by atoms with E-state index in [0.717, 1.165) is 12.8 Å². The van der Waals surface area contributed by atoms with Crippen molar-refractivity contribution in [2.24, 2.45) is 35.0 Å². The lowest BCUT2D eigenvalue weighted by Crippen LogP contribution is -2.43. The van der Waals surface area contributed by atoms with E-state index in [1.54, 1.807) is 0 Å². The molecule has 5 heteroatoms. The van der Waals surface area contributed by atoms with Gasteiger partial charge in [-0.1, -0.05) is 38.5 Å². The number of allylic oxidation sites excluding steroid dienone is 2. The van der Waals surface area contributed by atoms with Crippen LogP contribution < -0.4 is 0 Å². The Hall–Kier alpha value is -1.17. The van der Waals surface area contributed by atoms with Crippen molar-refractivity contribution in [3.63, 3.8) is 0 Å². The van der Waals surface area contributed by atoms with Crippen LogP contribution in [-0.4, -0.2) is 39.8 Å². The Morgan fingerprint density at radius 1 is 1.40 bits per heavy atom. The fourth-order valence-electron chi connectivity index (χ4n) is 5.95. The average Bonchev–Trinajstić information content (AvgIpc) is 3.06. The van der Waals surface area contributed by atoms with E-state index in [2.05, 4.69) is 13.0 Å². The lowest BCUT2D eigenvalue weighted by Gasteiger charge is -2.40. The third-order valence-electron chi connectivity index (χ3n) is 7.46. The zero-order valence-electron chi connectivity index (χ0n) is 15.1. The van der Waals surface area contributed by atoms with Crippen molar-refractivity contribution < 1.29 is 24.9 Å². The quantitative estimate of drug-likeness (QED) is 0.523. The van der Waals surface area contributed by atoms with Crippen LogP contribution in [0.5, 0.6) is 0 Å². The monoisotopic (exact) mass is 348 g/mol. The van der Waals surface area contributed by atoms with E-state index in [4.69, 9.17) is 4.74 Å². The number of rotatable bonds is 2. The highest BCUT2D eigenvalue weighted by molar-refractivity contribution is 5.92. The summed E-state index contributed by atoms with van der Waals surface area (Å²) < 4.78 is 5.27. The molecule has 1 saturated carbocycles. The molecule has 0 bridgehead atoms. The molecule has 2 fully saturated rings. The minimum Gasteiger partial charge on any atom is -0.426 e. The normalized spacial score (nSPS) is 49.5. The van der Waals surface area contributed by atoms with Crippen molar-refractivity contribution in [1.29, 1.82) is 0 Å². The highest BCUT2D eigenvalue weighted by atomic mass is 16.7. The molecule has 0 spiro atoms. The molecule has 5 nitrogen and oxygen atoms in total. The summed E-state index contributed by atoms with van der Waals surface area (Å²) in [6.07, 6.45) is 5.60. The zero-order chi connectivity index (χ0) is 18.1. The Morgan fingerprint density at radius 2 is 2.12 bits per heavy atom. The number of aliphatic hydroxyl groups is 3. The van der Waals surface area contributed by atoms with Crippen LogP contribution in [0.15, 0.2) is 23.3 Å². The maximum Gasteiger partial charge on any atom is 0.336 e. The van der Waals surface area contributed by atoms with E-state index in [1.807, 2.05) is 19.9 Å². The van der Waals surface area contributed by atoms with E-state index in [1.165, 1.54) is 5.57 Å². The van der Waals surface area contributed by atoms with Gasteiger partial charge >= 0.3 is 5.97 Å². The molecule has 138 valence electrons. The van der Waals surface area contributed by atoms with Gasteiger partial charge in [-0.25, -0.2) is 4.79 Å². The molecule has 1 unspecified atom stereocenters. The van der Waals surface area contributed by atoms with Crippen LogP contribution in [0.2, 0.25) is 0 Å². The van der Waals surface area contributed by atoms with Gasteiger partial charge in [0.25, 0.3) is 0 Å². The van der Waals surface area contributed by atoms with Crippen molar-refractivity contribution in [3.8, 4) is 0 Å². The molecule has 3 aliphatic carbocycles. The lowest BCUT2D eigenvalue weighted by molar-refractivity contribution is -0.233. The molecule has 3 N–H and O–H groups in total. The van der Waals surface area contributed by atoms with E-state index < -0.39 is 23.8 Å². The first-order valence-corrected chi connectivity index (χ1v) is 9.37. The highest BCUT2D eigenvalue weighted by Gasteiger charge is 2.68. The summed E-state index contributed by atoms with van der Waals surface area (Å²) in [5.74, 6) is -2.46. The summed E-state index contributed by atoms with van der Waals surface area (Å²) in [4.78, 5) is 12.3. The second-order valence-electron chi connectivity index (χ2n) is 8.88. The smallest absolute Gasteiger partial charge is 0.336 e. The number of carbonyl (C=O) groups excluding carboxylic acids is 1. The predicted octanol–water partition coefficient (Wildman–Crippen LogP) is 1.78. The van der Waals surface area contributed by atoms with Crippen molar-refractivity contribution >= 4 is 5.97 Å². The van der Waals surface area contributed by atoms with Crippen LogP contribution in [0.4, 0.5) is 0 Å². The number of esters is 1. The molecule has 0 aromatic rings. The van der Waals surface area contributed by atoms with Gasteiger partial charge in [-0.15, -0.1) is 0 Å². The first kappa shape index (κ1) is 17.3. The Morgan fingerprint density at radius 3 is 2.80 bits per heavy atom. The Labute approximate surface area is 148 Å². The lowest BCUT2D eigenvalue weighted by atomic mass is 9.63. The molecule has 1 aliphatic heterocycles. The summed E-state index contributed by atoms with van der Waals surface area (Å²) >= 11 is 0. The van der Waals surface area contributed by atoms with Crippen molar-refractivity contribution in [3.05, 3.63) is 23.3 Å². The van der Waals surface area contributed by atoms with Gasteiger partial charge < -0.3 is 20.1 Å². The number of ether oxygens (including phenoxy) is 1. The number of aliphatic hydroxyl groups excluding tert-OH is 2. The van der Waals surface area contributed by atoms with Gasteiger partial charge in [0.2, 0.25) is 5.79 Å². The van der Waals surface area contributed by atoms with Gasteiger partial charge in [0.15, 0.2) is 0 Å². The molecule has 25 heavy (non-hydrogen) atoms. The second-order valence-corrected chi connectivity index (χ2v) is 8.88. The Balaban J connectivity index is 1.77. The second kappa shape index (κ2) is 5.41. The number of hydrogen-bond acceptors (Lipinski definition) is 5. The summed E-state index contributed by atoms with van der Waals surface area (Å²) in [5, 5.41) is 31.1. The van der Waals surface area contributed by atoms with E-state index in [-0.39, 0.29) is 35.7 Å². The largest absolute Gasteiger partial charge is 0.426 e. The molecular weight excluding hydrogens is 320 g/mol. The number of carbonyl (C=O) groups is 1. The van der Waals surface area contributed by atoms with E-state index >= 15 is 0 Å². The van der Waals surface area contributed by atoms with E-state index in [0.29, 0.717) is 12.0 Å². The first-order valence-electron chi connectivity index (χ1n) is 9.37. The van der Waals surface area contributed by atoms with Crippen LogP contribution in [0.3, 0.4) is 0 Å². The van der Waals surface area contributed by atoms with E-state index in [9.17, 15) is 20.1 Å². The third-order valence-corrected chi connectivity index (χ3v) is 7.46. The number of fused-ring (bicyclic) bond motifs is 1. The molecule has 0 radical (unpaired) electrons. The van der Waals surface area contributed by atoms with Crippen LogP contribution in [0, 0.1) is 35.0 Å². The summed E-state index contributed by atoms with van der Waals surface area (Å²) in [6.45, 7) is 6.36. The molecule has 0 amide bonds. The van der Waals surface area contributed by atoms with Crippen LogP contribution in [0.25, 0.3) is 0 Å².